The maximum Gasteiger partial charge on any atom is 0.147 e. The van der Waals surface area contributed by atoms with Gasteiger partial charge in [-0.25, -0.2) is 4.98 Å². The van der Waals surface area contributed by atoms with Crippen LogP contribution < -0.4 is 15.8 Å². The lowest BCUT2D eigenvalue weighted by atomic mass is 10.1. The number of aromatic nitrogens is 1. The molecule has 0 amide bonds. The van der Waals surface area contributed by atoms with E-state index in [1.54, 1.807) is 6.20 Å². The summed E-state index contributed by atoms with van der Waals surface area (Å²) < 4.78 is 5.77. The van der Waals surface area contributed by atoms with Gasteiger partial charge >= 0.3 is 0 Å². The van der Waals surface area contributed by atoms with Crippen LogP contribution in [-0.4, -0.2) is 11.6 Å². The molecule has 0 aliphatic carbocycles. The van der Waals surface area contributed by atoms with Crippen molar-refractivity contribution < 1.29 is 4.74 Å². The molecule has 0 unspecified atom stereocenters. The Morgan fingerprint density at radius 2 is 2.05 bits per heavy atom. The monoisotopic (exact) mass is 271 g/mol. The SMILES string of the molecule is CCOc1c(Nc2cc(C)ccn2)ccc(C)c1CN. The summed E-state index contributed by atoms with van der Waals surface area (Å²) in [6.07, 6.45) is 1.79. The second-order valence-electron chi connectivity index (χ2n) is 4.72. The van der Waals surface area contributed by atoms with Crippen LogP contribution in [0.4, 0.5) is 11.5 Å². The van der Waals surface area contributed by atoms with Crippen molar-refractivity contribution in [3.8, 4) is 5.75 Å². The van der Waals surface area contributed by atoms with Crippen LogP contribution in [-0.2, 0) is 6.54 Å². The lowest BCUT2D eigenvalue weighted by Crippen LogP contribution is -2.07. The number of benzene rings is 1. The van der Waals surface area contributed by atoms with E-state index in [1.807, 2.05) is 45.0 Å². The van der Waals surface area contributed by atoms with E-state index >= 15 is 0 Å². The van der Waals surface area contributed by atoms with E-state index < -0.39 is 0 Å². The van der Waals surface area contributed by atoms with E-state index in [4.69, 9.17) is 10.5 Å². The minimum absolute atomic E-state index is 0.456. The van der Waals surface area contributed by atoms with Crippen molar-refractivity contribution in [2.45, 2.75) is 27.3 Å². The van der Waals surface area contributed by atoms with Crippen LogP contribution in [0.3, 0.4) is 0 Å². The highest BCUT2D eigenvalue weighted by Crippen LogP contribution is 2.33. The van der Waals surface area contributed by atoms with E-state index in [9.17, 15) is 0 Å². The maximum atomic E-state index is 5.84. The number of ether oxygens (including phenoxy) is 1. The van der Waals surface area contributed by atoms with Gasteiger partial charge in [0.15, 0.2) is 0 Å². The fraction of sp³-hybridized carbons (Fsp3) is 0.312. The molecule has 106 valence electrons. The first-order chi connectivity index (χ1) is 9.65. The topological polar surface area (TPSA) is 60.2 Å². The van der Waals surface area contributed by atoms with Gasteiger partial charge in [-0.3, -0.25) is 0 Å². The number of rotatable bonds is 5. The predicted octanol–water partition coefficient (Wildman–Crippen LogP) is 3.30. The first-order valence-electron chi connectivity index (χ1n) is 6.80. The molecule has 0 saturated heterocycles. The average Bonchev–Trinajstić information content (AvgIpc) is 2.42. The van der Waals surface area contributed by atoms with Crippen molar-refractivity contribution in [3.05, 3.63) is 47.2 Å². The van der Waals surface area contributed by atoms with Gasteiger partial charge in [0.2, 0.25) is 0 Å². The quantitative estimate of drug-likeness (QED) is 0.876. The molecule has 0 radical (unpaired) electrons. The molecule has 4 heteroatoms. The van der Waals surface area contributed by atoms with Gasteiger partial charge in [-0.2, -0.15) is 0 Å². The molecule has 4 nitrogen and oxygen atoms in total. The van der Waals surface area contributed by atoms with Crippen LogP contribution in [0.25, 0.3) is 0 Å². The summed E-state index contributed by atoms with van der Waals surface area (Å²) in [5.41, 5.74) is 10.1. The van der Waals surface area contributed by atoms with Gasteiger partial charge in [-0.05, 0) is 50.1 Å². The molecular formula is C16H21N3O. The summed E-state index contributed by atoms with van der Waals surface area (Å²) in [7, 11) is 0. The Balaban J connectivity index is 2.40. The van der Waals surface area contributed by atoms with Gasteiger partial charge < -0.3 is 15.8 Å². The number of anilines is 2. The Bertz CT molecular complexity index is 596. The minimum Gasteiger partial charge on any atom is -0.491 e. The van der Waals surface area contributed by atoms with Gasteiger partial charge in [0, 0.05) is 18.3 Å². The van der Waals surface area contributed by atoms with Crippen LogP contribution in [0.5, 0.6) is 5.75 Å². The van der Waals surface area contributed by atoms with Crippen molar-refractivity contribution in [2.24, 2.45) is 5.73 Å². The van der Waals surface area contributed by atoms with Crippen LogP contribution in [0, 0.1) is 13.8 Å². The molecule has 0 spiro atoms. The first-order valence-corrected chi connectivity index (χ1v) is 6.80. The number of hydrogen-bond acceptors (Lipinski definition) is 4. The van der Waals surface area contributed by atoms with E-state index in [2.05, 4.69) is 10.3 Å². The van der Waals surface area contributed by atoms with Crippen LogP contribution in [0.2, 0.25) is 0 Å². The molecule has 0 atom stereocenters. The zero-order valence-corrected chi connectivity index (χ0v) is 12.2. The molecule has 20 heavy (non-hydrogen) atoms. The Morgan fingerprint density at radius 3 is 2.70 bits per heavy atom. The Hall–Kier alpha value is -2.07. The van der Waals surface area contributed by atoms with Gasteiger partial charge in [0.1, 0.15) is 11.6 Å². The second kappa shape index (κ2) is 6.39. The highest BCUT2D eigenvalue weighted by atomic mass is 16.5. The van der Waals surface area contributed by atoms with Crippen molar-refractivity contribution in [2.75, 3.05) is 11.9 Å². The largest absolute Gasteiger partial charge is 0.491 e. The van der Waals surface area contributed by atoms with Crippen LogP contribution >= 0.6 is 0 Å². The predicted molar refractivity (Wildman–Crippen MR) is 82.5 cm³/mol. The van der Waals surface area contributed by atoms with Gasteiger partial charge in [-0.1, -0.05) is 6.07 Å². The molecule has 1 heterocycles. The molecule has 1 aromatic carbocycles. The number of pyridine rings is 1. The van der Waals surface area contributed by atoms with Crippen molar-refractivity contribution in [1.82, 2.24) is 4.98 Å². The Labute approximate surface area is 120 Å². The summed E-state index contributed by atoms with van der Waals surface area (Å²) in [6, 6.07) is 8.01. The summed E-state index contributed by atoms with van der Waals surface area (Å²) >= 11 is 0. The van der Waals surface area contributed by atoms with E-state index in [-0.39, 0.29) is 0 Å². The van der Waals surface area contributed by atoms with Gasteiger partial charge in [0.05, 0.1) is 12.3 Å². The summed E-state index contributed by atoms with van der Waals surface area (Å²) in [4.78, 5) is 4.32. The highest BCUT2D eigenvalue weighted by Gasteiger charge is 2.12. The summed E-state index contributed by atoms with van der Waals surface area (Å²) in [6.45, 7) is 7.11. The van der Waals surface area contributed by atoms with Crippen molar-refractivity contribution in [1.29, 1.82) is 0 Å². The standard InChI is InChI=1S/C16H21N3O/c1-4-20-16-13(10-17)12(3)5-6-14(16)19-15-9-11(2)7-8-18-15/h5-9H,4,10,17H2,1-3H3,(H,18,19). The minimum atomic E-state index is 0.456. The van der Waals surface area contributed by atoms with Gasteiger partial charge in [0.25, 0.3) is 0 Å². The lowest BCUT2D eigenvalue weighted by Gasteiger charge is -2.17. The molecule has 0 bridgehead atoms. The van der Waals surface area contributed by atoms with Crippen LogP contribution in [0.15, 0.2) is 30.5 Å². The zero-order chi connectivity index (χ0) is 14.5. The number of nitrogens with two attached hydrogens (primary N) is 1. The molecule has 0 aliphatic heterocycles. The second-order valence-corrected chi connectivity index (χ2v) is 4.72. The third-order valence-electron chi connectivity index (χ3n) is 3.17. The van der Waals surface area contributed by atoms with E-state index in [0.29, 0.717) is 13.2 Å². The zero-order valence-electron chi connectivity index (χ0n) is 12.2. The van der Waals surface area contributed by atoms with Gasteiger partial charge in [-0.15, -0.1) is 0 Å². The number of aryl methyl sites for hydroxylation is 2. The molecular weight excluding hydrogens is 250 g/mol. The van der Waals surface area contributed by atoms with Crippen LogP contribution in [0.1, 0.15) is 23.6 Å². The average molecular weight is 271 g/mol. The molecule has 0 fully saturated rings. The van der Waals surface area contributed by atoms with E-state index in [0.717, 1.165) is 33.9 Å². The smallest absolute Gasteiger partial charge is 0.147 e. The lowest BCUT2D eigenvalue weighted by molar-refractivity contribution is 0.338. The first kappa shape index (κ1) is 14.3. The fourth-order valence-corrected chi connectivity index (χ4v) is 2.13. The highest BCUT2D eigenvalue weighted by molar-refractivity contribution is 5.68. The maximum absolute atomic E-state index is 5.84. The Kier molecular flexibility index (Phi) is 4.58. The number of nitrogens with zero attached hydrogens (tertiary/aromatic N) is 1. The molecule has 3 N–H and O–H groups in total. The van der Waals surface area contributed by atoms with E-state index in [1.165, 1.54) is 0 Å². The number of hydrogen-bond donors (Lipinski definition) is 2. The summed E-state index contributed by atoms with van der Waals surface area (Å²) in [5, 5.41) is 3.31. The van der Waals surface area contributed by atoms with Crippen molar-refractivity contribution in [3.63, 3.8) is 0 Å². The normalized spacial score (nSPS) is 10.4. The number of nitrogens with one attached hydrogen (secondary N) is 1. The fourth-order valence-electron chi connectivity index (χ4n) is 2.13. The molecule has 0 aliphatic rings. The van der Waals surface area contributed by atoms with Crippen molar-refractivity contribution >= 4 is 11.5 Å². The molecule has 0 saturated carbocycles. The summed E-state index contributed by atoms with van der Waals surface area (Å²) in [5.74, 6) is 1.62. The third kappa shape index (κ3) is 3.08. The molecule has 1 aromatic heterocycles. The Morgan fingerprint density at radius 1 is 1.25 bits per heavy atom. The third-order valence-corrected chi connectivity index (χ3v) is 3.17. The molecule has 2 aromatic rings. The molecule has 2 rings (SSSR count).